The fourth-order valence-electron chi connectivity index (χ4n) is 2.78. The molecule has 104 valence electrons. The summed E-state index contributed by atoms with van der Waals surface area (Å²) in [5.41, 5.74) is 3.83. The van der Waals surface area contributed by atoms with E-state index in [4.69, 9.17) is 11.6 Å². The molecular weight excluding hydrogens is 273 g/mol. The fraction of sp³-hybridized carbons (Fsp3) is 0.294. The normalized spacial score (nSPS) is 17.8. The second-order valence-corrected chi connectivity index (χ2v) is 5.74. The lowest BCUT2D eigenvalue weighted by Gasteiger charge is -2.25. The Morgan fingerprint density at radius 1 is 1.15 bits per heavy atom. The van der Waals surface area contributed by atoms with Crippen LogP contribution in [0.4, 0.5) is 4.39 Å². The van der Waals surface area contributed by atoms with Gasteiger partial charge in [-0.25, -0.2) is 4.39 Å². The van der Waals surface area contributed by atoms with Gasteiger partial charge in [-0.1, -0.05) is 41.9 Å². The Labute approximate surface area is 123 Å². The highest BCUT2D eigenvalue weighted by molar-refractivity contribution is 6.30. The van der Waals surface area contributed by atoms with Crippen LogP contribution in [-0.2, 0) is 19.4 Å². The Kier molecular flexibility index (Phi) is 4.04. The van der Waals surface area contributed by atoms with Crippen molar-refractivity contribution in [1.82, 2.24) is 5.32 Å². The van der Waals surface area contributed by atoms with Gasteiger partial charge in [0.15, 0.2) is 0 Å². The lowest BCUT2D eigenvalue weighted by Crippen LogP contribution is -2.34. The molecular formula is C17H17ClFN. The molecule has 1 atom stereocenters. The average Bonchev–Trinajstić information content (AvgIpc) is 2.48. The zero-order valence-corrected chi connectivity index (χ0v) is 12.0. The van der Waals surface area contributed by atoms with Gasteiger partial charge in [0, 0.05) is 12.6 Å². The first kappa shape index (κ1) is 13.6. The summed E-state index contributed by atoms with van der Waals surface area (Å²) in [7, 11) is 0. The third-order valence-corrected chi connectivity index (χ3v) is 4.23. The third-order valence-electron chi connectivity index (χ3n) is 3.93. The Bertz CT molecular complexity index is 612. The summed E-state index contributed by atoms with van der Waals surface area (Å²) in [6.07, 6.45) is 3.29. The van der Waals surface area contributed by atoms with Gasteiger partial charge in [-0.05, 0) is 48.1 Å². The predicted octanol–water partition coefficient (Wildman–Crippen LogP) is 4.13. The molecule has 0 saturated heterocycles. The molecule has 20 heavy (non-hydrogen) atoms. The van der Waals surface area contributed by atoms with Crippen LogP contribution in [-0.4, -0.2) is 6.04 Å². The maximum absolute atomic E-state index is 13.4. The van der Waals surface area contributed by atoms with Crippen LogP contribution in [0.15, 0.2) is 42.5 Å². The van der Waals surface area contributed by atoms with Crippen molar-refractivity contribution in [1.29, 1.82) is 0 Å². The minimum atomic E-state index is -0.347. The van der Waals surface area contributed by atoms with Gasteiger partial charge in [-0.15, -0.1) is 0 Å². The Morgan fingerprint density at radius 2 is 1.95 bits per heavy atom. The molecule has 0 spiro atoms. The minimum Gasteiger partial charge on any atom is -0.310 e. The van der Waals surface area contributed by atoms with Crippen molar-refractivity contribution in [3.8, 4) is 0 Å². The molecule has 1 aliphatic carbocycles. The molecule has 1 unspecified atom stereocenters. The van der Waals surface area contributed by atoms with E-state index in [0.717, 1.165) is 24.8 Å². The van der Waals surface area contributed by atoms with Crippen LogP contribution >= 0.6 is 11.6 Å². The summed E-state index contributed by atoms with van der Waals surface area (Å²) >= 11 is 5.69. The lowest BCUT2D eigenvalue weighted by molar-refractivity contribution is 0.457. The van der Waals surface area contributed by atoms with Gasteiger partial charge in [0.2, 0.25) is 0 Å². The average molecular weight is 290 g/mol. The number of hydrogen-bond donors (Lipinski definition) is 1. The van der Waals surface area contributed by atoms with Gasteiger partial charge in [0.25, 0.3) is 0 Å². The summed E-state index contributed by atoms with van der Waals surface area (Å²) in [6, 6.07) is 14.1. The molecule has 1 N–H and O–H groups in total. The van der Waals surface area contributed by atoms with Crippen LogP contribution in [0.25, 0.3) is 0 Å². The van der Waals surface area contributed by atoms with Crippen LogP contribution in [0.1, 0.15) is 23.1 Å². The molecule has 0 fully saturated rings. The zero-order valence-electron chi connectivity index (χ0n) is 11.2. The fourth-order valence-corrected chi connectivity index (χ4v) is 2.90. The van der Waals surface area contributed by atoms with Crippen molar-refractivity contribution in [2.24, 2.45) is 0 Å². The standard InChI is InChI=1S/C17H17ClFN/c18-16-8-5-12(9-17(16)19)11-20-15-7-6-13-3-1-2-4-14(13)10-15/h1-5,8-9,15,20H,6-7,10-11H2. The smallest absolute Gasteiger partial charge is 0.142 e. The second-order valence-electron chi connectivity index (χ2n) is 5.34. The molecule has 0 bridgehead atoms. The number of aryl methyl sites for hydroxylation is 1. The van der Waals surface area contributed by atoms with Crippen molar-refractivity contribution in [2.75, 3.05) is 0 Å². The number of rotatable bonds is 3. The number of hydrogen-bond acceptors (Lipinski definition) is 1. The highest BCUT2D eigenvalue weighted by atomic mass is 35.5. The molecule has 0 amide bonds. The molecule has 0 saturated carbocycles. The molecule has 1 aliphatic rings. The van der Waals surface area contributed by atoms with E-state index < -0.39 is 0 Å². The van der Waals surface area contributed by atoms with E-state index in [1.807, 2.05) is 6.07 Å². The number of fused-ring (bicyclic) bond motifs is 1. The van der Waals surface area contributed by atoms with E-state index in [1.54, 1.807) is 6.07 Å². The van der Waals surface area contributed by atoms with Crippen LogP contribution in [0.2, 0.25) is 5.02 Å². The van der Waals surface area contributed by atoms with Gasteiger partial charge in [-0.2, -0.15) is 0 Å². The van der Waals surface area contributed by atoms with Crippen molar-refractivity contribution in [3.63, 3.8) is 0 Å². The summed E-state index contributed by atoms with van der Waals surface area (Å²) in [4.78, 5) is 0. The first-order valence-corrected chi connectivity index (χ1v) is 7.34. The summed E-state index contributed by atoms with van der Waals surface area (Å²) < 4.78 is 13.4. The summed E-state index contributed by atoms with van der Waals surface area (Å²) in [5.74, 6) is -0.347. The molecule has 3 rings (SSSR count). The monoisotopic (exact) mass is 289 g/mol. The topological polar surface area (TPSA) is 12.0 Å². The Balaban J connectivity index is 1.61. The van der Waals surface area contributed by atoms with Crippen LogP contribution < -0.4 is 5.32 Å². The van der Waals surface area contributed by atoms with Gasteiger partial charge in [0.05, 0.1) is 5.02 Å². The maximum Gasteiger partial charge on any atom is 0.142 e. The number of halogens is 2. The van der Waals surface area contributed by atoms with Crippen LogP contribution in [0, 0.1) is 5.82 Å². The van der Waals surface area contributed by atoms with Crippen molar-refractivity contribution in [3.05, 3.63) is 70.0 Å². The minimum absolute atomic E-state index is 0.181. The zero-order chi connectivity index (χ0) is 13.9. The number of benzene rings is 2. The van der Waals surface area contributed by atoms with E-state index in [2.05, 4.69) is 29.6 Å². The largest absolute Gasteiger partial charge is 0.310 e. The first-order chi connectivity index (χ1) is 9.72. The van der Waals surface area contributed by atoms with Crippen LogP contribution in [0.5, 0.6) is 0 Å². The van der Waals surface area contributed by atoms with Gasteiger partial charge in [-0.3, -0.25) is 0 Å². The highest BCUT2D eigenvalue weighted by Crippen LogP contribution is 2.21. The molecule has 0 radical (unpaired) electrons. The molecule has 2 aromatic carbocycles. The predicted molar refractivity (Wildman–Crippen MR) is 80.5 cm³/mol. The van der Waals surface area contributed by atoms with Gasteiger partial charge >= 0.3 is 0 Å². The quantitative estimate of drug-likeness (QED) is 0.896. The van der Waals surface area contributed by atoms with E-state index in [1.165, 1.54) is 17.2 Å². The lowest BCUT2D eigenvalue weighted by atomic mass is 9.88. The number of nitrogens with one attached hydrogen (secondary N) is 1. The SMILES string of the molecule is Fc1cc(CNC2CCc3ccccc3C2)ccc1Cl. The van der Waals surface area contributed by atoms with Crippen molar-refractivity contribution in [2.45, 2.75) is 31.8 Å². The third kappa shape index (κ3) is 3.02. The van der Waals surface area contributed by atoms with Gasteiger partial charge < -0.3 is 5.32 Å². The second kappa shape index (κ2) is 5.94. The summed E-state index contributed by atoms with van der Waals surface area (Å²) in [6.45, 7) is 0.681. The molecule has 0 heterocycles. The van der Waals surface area contributed by atoms with Crippen LogP contribution in [0.3, 0.4) is 0 Å². The molecule has 1 nitrogen and oxygen atoms in total. The van der Waals surface area contributed by atoms with E-state index in [-0.39, 0.29) is 10.8 Å². The van der Waals surface area contributed by atoms with E-state index in [0.29, 0.717) is 12.6 Å². The Hall–Kier alpha value is -1.38. The first-order valence-electron chi connectivity index (χ1n) is 6.96. The van der Waals surface area contributed by atoms with Gasteiger partial charge in [0.1, 0.15) is 5.82 Å². The van der Waals surface area contributed by atoms with E-state index in [9.17, 15) is 4.39 Å². The maximum atomic E-state index is 13.4. The van der Waals surface area contributed by atoms with E-state index >= 15 is 0 Å². The molecule has 0 aromatic heterocycles. The highest BCUT2D eigenvalue weighted by Gasteiger charge is 2.17. The molecule has 0 aliphatic heterocycles. The van der Waals surface area contributed by atoms with Crippen molar-refractivity contribution < 1.29 is 4.39 Å². The molecule has 3 heteroatoms. The Morgan fingerprint density at radius 3 is 2.75 bits per heavy atom. The summed E-state index contributed by atoms with van der Waals surface area (Å²) in [5, 5.41) is 3.70. The molecule has 2 aromatic rings. The van der Waals surface area contributed by atoms with Crippen molar-refractivity contribution >= 4 is 11.6 Å².